The molecule has 2 nitrogen and oxygen atoms in total. The Labute approximate surface area is 127 Å². The van der Waals surface area contributed by atoms with E-state index < -0.39 is 0 Å². The molecule has 1 unspecified atom stereocenters. The van der Waals surface area contributed by atoms with Crippen LogP contribution in [0.3, 0.4) is 0 Å². The summed E-state index contributed by atoms with van der Waals surface area (Å²) in [6.07, 6.45) is 4.42. The molecule has 112 valence electrons. The van der Waals surface area contributed by atoms with Crippen LogP contribution in [0.5, 0.6) is 5.75 Å². The molecule has 2 N–H and O–H groups in total. The average Bonchev–Trinajstić information content (AvgIpc) is 2.54. The highest BCUT2D eigenvalue weighted by atomic mass is 16.5. The zero-order valence-corrected chi connectivity index (χ0v) is 13.0. The first kappa shape index (κ1) is 15.6. The smallest absolute Gasteiger partial charge is 0.122 e. The Balaban J connectivity index is 2.04. The minimum absolute atomic E-state index is 0.00141. The number of unbranched alkanes of at least 4 members (excludes halogenated alkanes) is 1. The maximum Gasteiger partial charge on any atom is 0.122 e. The molecule has 0 bridgehead atoms. The van der Waals surface area contributed by atoms with E-state index >= 15 is 0 Å². The van der Waals surface area contributed by atoms with Crippen LogP contribution in [0.15, 0.2) is 48.5 Å². The molecule has 0 saturated heterocycles. The lowest BCUT2D eigenvalue weighted by Gasteiger charge is -2.15. The van der Waals surface area contributed by atoms with Gasteiger partial charge >= 0.3 is 0 Å². The van der Waals surface area contributed by atoms with Gasteiger partial charge in [0.25, 0.3) is 0 Å². The second kappa shape index (κ2) is 7.84. The molecule has 2 rings (SSSR count). The lowest BCUT2D eigenvalue weighted by Crippen LogP contribution is -2.13. The van der Waals surface area contributed by atoms with E-state index in [2.05, 4.69) is 37.3 Å². The van der Waals surface area contributed by atoms with Crippen molar-refractivity contribution in [2.45, 2.75) is 38.6 Å². The van der Waals surface area contributed by atoms with E-state index in [1.54, 1.807) is 7.11 Å². The Kier molecular flexibility index (Phi) is 5.82. The Hall–Kier alpha value is -1.80. The van der Waals surface area contributed by atoms with E-state index in [1.807, 2.05) is 18.2 Å². The summed E-state index contributed by atoms with van der Waals surface area (Å²) in [7, 11) is 1.70. The van der Waals surface area contributed by atoms with Crippen LogP contribution in [0.4, 0.5) is 0 Å². The SMILES string of the molecule is CCCCc1ccc(C(N)Cc2ccccc2OC)cc1. The number of methoxy groups -OCH3 is 1. The van der Waals surface area contributed by atoms with Gasteiger partial charge in [-0.05, 0) is 42.0 Å². The van der Waals surface area contributed by atoms with Crippen LogP contribution in [0.2, 0.25) is 0 Å². The summed E-state index contributed by atoms with van der Waals surface area (Å²) in [6.45, 7) is 2.22. The van der Waals surface area contributed by atoms with E-state index in [9.17, 15) is 0 Å². The molecule has 0 aliphatic heterocycles. The number of rotatable bonds is 7. The van der Waals surface area contributed by atoms with Gasteiger partial charge in [0.1, 0.15) is 5.75 Å². The molecule has 0 aromatic heterocycles. The minimum atomic E-state index is 0.00141. The van der Waals surface area contributed by atoms with E-state index in [1.165, 1.54) is 24.0 Å². The van der Waals surface area contributed by atoms with Gasteiger partial charge in [-0.25, -0.2) is 0 Å². The minimum Gasteiger partial charge on any atom is -0.496 e. The first-order chi connectivity index (χ1) is 10.2. The predicted molar refractivity (Wildman–Crippen MR) is 88.7 cm³/mol. The van der Waals surface area contributed by atoms with Crippen molar-refractivity contribution in [1.29, 1.82) is 0 Å². The number of para-hydroxylation sites is 1. The Bertz CT molecular complexity index is 548. The maximum absolute atomic E-state index is 6.35. The topological polar surface area (TPSA) is 35.2 Å². The molecular formula is C19H25NO. The van der Waals surface area contributed by atoms with Crippen LogP contribution in [0.25, 0.3) is 0 Å². The van der Waals surface area contributed by atoms with Gasteiger partial charge < -0.3 is 10.5 Å². The molecule has 0 spiro atoms. The molecule has 21 heavy (non-hydrogen) atoms. The molecule has 0 amide bonds. The fourth-order valence-corrected chi connectivity index (χ4v) is 2.54. The van der Waals surface area contributed by atoms with Crippen molar-refractivity contribution in [3.8, 4) is 5.75 Å². The van der Waals surface area contributed by atoms with Gasteiger partial charge in [0.15, 0.2) is 0 Å². The molecule has 0 heterocycles. The van der Waals surface area contributed by atoms with Crippen molar-refractivity contribution < 1.29 is 4.74 Å². The molecule has 1 atom stereocenters. The van der Waals surface area contributed by atoms with Gasteiger partial charge in [-0.3, -0.25) is 0 Å². The summed E-state index contributed by atoms with van der Waals surface area (Å²) in [5.41, 5.74) is 10.1. The van der Waals surface area contributed by atoms with Crippen LogP contribution in [0, 0.1) is 0 Å². The third-order valence-electron chi connectivity index (χ3n) is 3.86. The molecule has 0 radical (unpaired) electrons. The Morgan fingerprint density at radius 1 is 1.05 bits per heavy atom. The largest absolute Gasteiger partial charge is 0.496 e. The second-order valence-electron chi connectivity index (χ2n) is 5.47. The van der Waals surface area contributed by atoms with E-state index in [-0.39, 0.29) is 6.04 Å². The molecule has 2 heteroatoms. The third kappa shape index (κ3) is 4.33. The maximum atomic E-state index is 6.35. The first-order valence-corrected chi connectivity index (χ1v) is 7.71. The Morgan fingerprint density at radius 3 is 2.43 bits per heavy atom. The van der Waals surface area contributed by atoms with Crippen LogP contribution < -0.4 is 10.5 Å². The predicted octanol–water partition coefficient (Wildman–Crippen LogP) is 4.28. The quantitative estimate of drug-likeness (QED) is 0.823. The zero-order chi connectivity index (χ0) is 15.1. The van der Waals surface area contributed by atoms with E-state index in [0.29, 0.717) is 0 Å². The van der Waals surface area contributed by atoms with Gasteiger partial charge in [0.2, 0.25) is 0 Å². The average molecular weight is 283 g/mol. The lowest BCUT2D eigenvalue weighted by molar-refractivity contribution is 0.408. The highest BCUT2D eigenvalue weighted by Crippen LogP contribution is 2.24. The summed E-state index contributed by atoms with van der Waals surface area (Å²) in [6, 6.07) is 16.8. The number of hydrogen-bond donors (Lipinski definition) is 1. The normalized spacial score (nSPS) is 12.1. The third-order valence-corrected chi connectivity index (χ3v) is 3.86. The van der Waals surface area contributed by atoms with Gasteiger partial charge in [-0.1, -0.05) is 55.8 Å². The highest BCUT2D eigenvalue weighted by molar-refractivity contribution is 5.35. The summed E-state index contributed by atoms with van der Waals surface area (Å²) < 4.78 is 5.39. The number of hydrogen-bond acceptors (Lipinski definition) is 2. The van der Waals surface area contributed by atoms with Crippen LogP contribution in [0.1, 0.15) is 42.5 Å². The van der Waals surface area contributed by atoms with Gasteiger partial charge in [-0.15, -0.1) is 0 Å². The fraction of sp³-hybridized carbons (Fsp3) is 0.368. The molecule has 0 aliphatic carbocycles. The molecule has 0 aliphatic rings. The first-order valence-electron chi connectivity index (χ1n) is 7.71. The van der Waals surface area contributed by atoms with Gasteiger partial charge in [0, 0.05) is 6.04 Å². The molecule has 0 saturated carbocycles. The summed E-state index contributed by atoms with van der Waals surface area (Å²) in [5, 5.41) is 0. The summed E-state index contributed by atoms with van der Waals surface area (Å²) in [5.74, 6) is 0.910. The van der Waals surface area contributed by atoms with Crippen molar-refractivity contribution >= 4 is 0 Å². The van der Waals surface area contributed by atoms with Crippen molar-refractivity contribution in [2.75, 3.05) is 7.11 Å². The van der Waals surface area contributed by atoms with Gasteiger partial charge in [0.05, 0.1) is 7.11 Å². The second-order valence-corrected chi connectivity index (χ2v) is 5.47. The fourth-order valence-electron chi connectivity index (χ4n) is 2.54. The number of nitrogens with two attached hydrogens (primary N) is 1. The molecule has 0 fully saturated rings. The van der Waals surface area contributed by atoms with E-state index in [4.69, 9.17) is 10.5 Å². The highest BCUT2D eigenvalue weighted by Gasteiger charge is 2.10. The van der Waals surface area contributed by atoms with Crippen LogP contribution >= 0.6 is 0 Å². The van der Waals surface area contributed by atoms with Crippen molar-refractivity contribution in [3.63, 3.8) is 0 Å². The zero-order valence-electron chi connectivity index (χ0n) is 13.0. The summed E-state index contributed by atoms with van der Waals surface area (Å²) >= 11 is 0. The molecule has 2 aromatic rings. The monoisotopic (exact) mass is 283 g/mol. The van der Waals surface area contributed by atoms with E-state index in [0.717, 1.165) is 24.2 Å². The van der Waals surface area contributed by atoms with Crippen molar-refractivity contribution in [3.05, 3.63) is 65.2 Å². The number of aryl methyl sites for hydroxylation is 1. The van der Waals surface area contributed by atoms with Crippen molar-refractivity contribution in [1.82, 2.24) is 0 Å². The van der Waals surface area contributed by atoms with Crippen molar-refractivity contribution in [2.24, 2.45) is 5.73 Å². The standard InChI is InChI=1S/C19H25NO/c1-3-4-7-15-10-12-16(13-11-15)18(20)14-17-8-5-6-9-19(17)21-2/h5-6,8-13,18H,3-4,7,14,20H2,1-2H3. The van der Waals surface area contributed by atoms with Crippen LogP contribution in [-0.4, -0.2) is 7.11 Å². The number of benzene rings is 2. The Morgan fingerprint density at radius 2 is 1.76 bits per heavy atom. The molecule has 2 aromatic carbocycles. The lowest BCUT2D eigenvalue weighted by atomic mass is 9.97. The molecular weight excluding hydrogens is 258 g/mol. The van der Waals surface area contributed by atoms with Gasteiger partial charge in [-0.2, -0.15) is 0 Å². The summed E-state index contributed by atoms with van der Waals surface area (Å²) in [4.78, 5) is 0. The van der Waals surface area contributed by atoms with Crippen LogP contribution in [-0.2, 0) is 12.8 Å². The number of ether oxygens (including phenoxy) is 1.